The van der Waals surface area contributed by atoms with Crippen molar-refractivity contribution in [1.82, 2.24) is 14.9 Å². The largest absolute Gasteiger partial charge is 0.341 e. The van der Waals surface area contributed by atoms with Gasteiger partial charge in [0.05, 0.1) is 6.33 Å². The van der Waals surface area contributed by atoms with Crippen LogP contribution < -0.4 is 5.32 Å². The fourth-order valence-electron chi connectivity index (χ4n) is 1.06. The van der Waals surface area contributed by atoms with E-state index in [1.54, 1.807) is 12.5 Å². The first-order valence-electron chi connectivity index (χ1n) is 4.10. The molecule has 1 unspecified atom stereocenters. The Hall–Kier alpha value is -1.28. The Balaban J connectivity index is 2.38. The molecule has 0 aliphatic heterocycles. The van der Waals surface area contributed by atoms with E-state index in [9.17, 15) is 4.79 Å². The van der Waals surface area contributed by atoms with Crippen molar-refractivity contribution in [3.8, 4) is 10.8 Å². The maximum Gasteiger partial charge on any atom is 0.297 e. The molecule has 0 saturated carbocycles. The number of amides is 1. The molecule has 1 rings (SSSR count). The van der Waals surface area contributed by atoms with E-state index in [-0.39, 0.29) is 11.9 Å². The van der Waals surface area contributed by atoms with E-state index in [2.05, 4.69) is 37.0 Å². The van der Waals surface area contributed by atoms with Gasteiger partial charge in [0.2, 0.25) is 0 Å². The van der Waals surface area contributed by atoms with Crippen LogP contribution in [0.2, 0.25) is 0 Å². The maximum atomic E-state index is 11.0. The summed E-state index contributed by atoms with van der Waals surface area (Å²) in [5, 5.41) is 2.73. The molecule has 1 heterocycles. The van der Waals surface area contributed by atoms with Gasteiger partial charge in [0.15, 0.2) is 0 Å². The fraction of sp³-hybridized carbons (Fsp3) is 0.333. The Morgan fingerprint density at radius 2 is 2.57 bits per heavy atom. The number of nitrogens with one attached hydrogen (secondary N) is 1. The van der Waals surface area contributed by atoms with Crippen molar-refractivity contribution in [1.29, 1.82) is 0 Å². The van der Waals surface area contributed by atoms with Gasteiger partial charge in [-0.3, -0.25) is 4.79 Å². The first-order chi connectivity index (χ1) is 6.72. The van der Waals surface area contributed by atoms with Crippen molar-refractivity contribution < 1.29 is 4.79 Å². The lowest BCUT2D eigenvalue weighted by Crippen LogP contribution is -2.34. The van der Waals surface area contributed by atoms with Crippen LogP contribution in [0.5, 0.6) is 0 Å². The molecular weight excluding hydrogens is 246 g/mol. The molecule has 0 fully saturated rings. The highest BCUT2D eigenvalue weighted by atomic mass is 79.9. The van der Waals surface area contributed by atoms with Crippen molar-refractivity contribution >= 4 is 21.8 Å². The number of carbonyl (C=O) groups excluding carboxylic acids is 1. The van der Waals surface area contributed by atoms with Crippen molar-refractivity contribution in [2.24, 2.45) is 0 Å². The number of carbonyl (C=O) groups is 1. The topological polar surface area (TPSA) is 46.9 Å². The average Bonchev–Trinajstić information content (AvgIpc) is 2.56. The molecule has 0 saturated heterocycles. The molecule has 4 nitrogen and oxygen atoms in total. The molecule has 1 aromatic heterocycles. The molecule has 1 aromatic rings. The van der Waals surface area contributed by atoms with Crippen molar-refractivity contribution in [2.75, 3.05) is 0 Å². The van der Waals surface area contributed by atoms with Crippen LogP contribution in [0.1, 0.15) is 6.92 Å². The van der Waals surface area contributed by atoms with Crippen LogP contribution >= 0.6 is 15.9 Å². The van der Waals surface area contributed by atoms with Gasteiger partial charge in [-0.25, -0.2) is 4.98 Å². The summed E-state index contributed by atoms with van der Waals surface area (Å²) >= 11 is 2.86. The van der Waals surface area contributed by atoms with Gasteiger partial charge in [0.1, 0.15) is 0 Å². The second-order valence-corrected chi connectivity index (χ2v) is 3.25. The number of imidazole rings is 1. The normalized spacial score (nSPS) is 11.3. The number of hydrogen-bond donors (Lipinski definition) is 1. The van der Waals surface area contributed by atoms with E-state index in [1.165, 1.54) is 0 Å². The molecular formula is C9H10BrN3O. The molecule has 0 spiro atoms. The molecule has 0 bridgehead atoms. The van der Waals surface area contributed by atoms with Crippen LogP contribution in [0.4, 0.5) is 0 Å². The summed E-state index contributed by atoms with van der Waals surface area (Å²) in [7, 11) is 0. The minimum Gasteiger partial charge on any atom is -0.341 e. The zero-order chi connectivity index (χ0) is 10.4. The van der Waals surface area contributed by atoms with Gasteiger partial charge in [0, 0.05) is 46.8 Å². The smallest absolute Gasteiger partial charge is 0.297 e. The number of aromatic nitrogens is 2. The number of rotatable bonds is 3. The number of halogens is 1. The second-order valence-electron chi connectivity index (χ2n) is 2.85. The summed E-state index contributed by atoms with van der Waals surface area (Å²) in [6.07, 6.45) is 5.25. The summed E-state index contributed by atoms with van der Waals surface area (Å²) in [5.41, 5.74) is 0. The highest BCUT2D eigenvalue weighted by Crippen LogP contribution is 1.91. The standard InChI is InChI=1S/C9H10BrN3O/c1-8(12-9(14)2-3-10)6-13-5-4-11-7-13/h4-5,7-8H,6H2,1H3,(H,12,14). The van der Waals surface area contributed by atoms with E-state index < -0.39 is 0 Å². The van der Waals surface area contributed by atoms with Gasteiger partial charge in [0.25, 0.3) is 5.91 Å². The Kier molecular flexibility index (Phi) is 4.20. The SMILES string of the molecule is CC(Cn1ccnc1)NC(=O)C#CBr. The van der Waals surface area contributed by atoms with E-state index in [1.807, 2.05) is 17.7 Å². The van der Waals surface area contributed by atoms with Gasteiger partial charge in [-0.05, 0) is 11.8 Å². The first-order valence-corrected chi connectivity index (χ1v) is 4.89. The lowest BCUT2D eigenvalue weighted by atomic mass is 10.3. The van der Waals surface area contributed by atoms with E-state index in [4.69, 9.17) is 0 Å². The third kappa shape index (κ3) is 3.62. The van der Waals surface area contributed by atoms with Gasteiger partial charge in [-0.1, -0.05) is 0 Å². The van der Waals surface area contributed by atoms with E-state index in [0.29, 0.717) is 6.54 Å². The average molecular weight is 256 g/mol. The Morgan fingerprint density at radius 3 is 3.14 bits per heavy atom. The maximum absolute atomic E-state index is 11.0. The molecule has 74 valence electrons. The van der Waals surface area contributed by atoms with Gasteiger partial charge >= 0.3 is 0 Å². The van der Waals surface area contributed by atoms with Crippen molar-refractivity contribution in [2.45, 2.75) is 19.5 Å². The zero-order valence-electron chi connectivity index (χ0n) is 7.70. The quantitative estimate of drug-likeness (QED) is 0.811. The summed E-state index contributed by atoms with van der Waals surface area (Å²) in [6.45, 7) is 2.60. The summed E-state index contributed by atoms with van der Waals surface area (Å²) in [6, 6.07) is 0.0325. The fourth-order valence-corrected chi connectivity index (χ4v) is 1.24. The molecule has 1 N–H and O–H groups in total. The Bertz CT molecular complexity index is 350. The van der Waals surface area contributed by atoms with E-state index in [0.717, 1.165) is 0 Å². The van der Waals surface area contributed by atoms with Gasteiger partial charge in [-0.15, -0.1) is 0 Å². The molecule has 0 aromatic carbocycles. The Labute approximate surface area is 90.8 Å². The number of nitrogens with zero attached hydrogens (tertiary/aromatic N) is 2. The predicted octanol–water partition coefficient (Wildman–Crippen LogP) is 0.744. The second kappa shape index (κ2) is 5.45. The number of hydrogen-bond acceptors (Lipinski definition) is 2. The molecule has 14 heavy (non-hydrogen) atoms. The molecule has 0 aliphatic rings. The highest BCUT2D eigenvalue weighted by molar-refractivity contribution is 9.12. The third-order valence-electron chi connectivity index (χ3n) is 1.58. The van der Waals surface area contributed by atoms with E-state index >= 15 is 0 Å². The van der Waals surface area contributed by atoms with Crippen molar-refractivity contribution in [3.63, 3.8) is 0 Å². The van der Waals surface area contributed by atoms with Crippen LogP contribution in [0.25, 0.3) is 0 Å². The highest BCUT2D eigenvalue weighted by Gasteiger charge is 2.04. The summed E-state index contributed by atoms with van der Waals surface area (Å²) < 4.78 is 1.90. The molecule has 0 aliphatic carbocycles. The van der Waals surface area contributed by atoms with Gasteiger partial charge < -0.3 is 9.88 Å². The van der Waals surface area contributed by atoms with Crippen molar-refractivity contribution in [3.05, 3.63) is 18.7 Å². The van der Waals surface area contributed by atoms with Crippen LogP contribution in [-0.4, -0.2) is 21.5 Å². The summed E-state index contributed by atoms with van der Waals surface area (Å²) in [5.74, 6) is 2.06. The molecule has 1 amide bonds. The van der Waals surface area contributed by atoms with Crippen LogP contribution in [0.3, 0.4) is 0 Å². The molecule has 1 atom stereocenters. The molecule has 0 radical (unpaired) electrons. The predicted molar refractivity (Wildman–Crippen MR) is 56.5 cm³/mol. The summed E-state index contributed by atoms with van der Waals surface area (Å²) in [4.78, 5) is 17.3. The third-order valence-corrected chi connectivity index (χ3v) is 1.78. The van der Waals surface area contributed by atoms with Crippen LogP contribution in [-0.2, 0) is 11.3 Å². The van der Waals surface area contributed by atoms with Gasteiger partial charge in [-0.2, -0.15) is 0 Å². The minimum absolute atomic E-state index is 0.0325. The molecule has 5 heteroatoms. The first kappa shape index (κ1) is 10.8. The lowest BCUT2D eigenvalue weighted by Gasteiger charge is -2.11. The van der Waals surface area contributed by atoms with Crippen LogP contribution in [0, 0.1) is 10.8 Å². The zero-order valence-corrected chi connectivity index (χ0v) is 9.28. The van der Waals surface area contributed by atoms with Crippen LogP contribution in [0.15, 0.2) is 18.7 Å². The minimum atomic E-state index is -0.283. The Morgan fingerprint density at radius 1 is 1.79 bits per heavy atom. The lowest BCUT2D eigenvalue weighted by molar-refractivity contribution is -0.116. The monoisotopic (exact) mass is 255 g/mol.